The minimum absolute atomic E-state index is 0.159. The van der Waals surface area contributed by atoms with E-state index in [4.69, 9.17) is 4.52 Å². The van der Waals surface area contributed by atoms with E-state index in [1.54, 1.807) is 19.1 Å². The van der Waals surface area contributed by atoms with Gasteiger partial charge in [-0.2, -0.15) is 4.98 Å². The lowest BCUT2D eigenvalue weighted by molar-refractivity contribution is 0.0919. The molecule has 4 aromatic rings. The van der Waals surface area contributed by atoms with Crippen molar-refractivity contribution in [2.24, 2.45) is 0 Å². The summed E-state index contributed by atoms with van der Waals surface area (Å²) in [5.74, 6) is 0.852. The highest BCUT2D eigenvalue weighted by Crippen LogP contribution is 2.29. The number of aromatic nitrogens is 2. The lowest BCUT2D eigenvalue weighted by Gasteiger charge is -2.32. The largest absolute Gasteiger partial charge is 0.339 e. The molecular formula is C24H21N3O2. The highest BCUT2D eigenvalue weighted by molar-refractivity contribution is 5.95. The Morgan fingerprint density at radius 3 is 1.90 bits per heavy atom. The van der Waals surface area contributed by atoms with Gasteiger partial charge in [-0.05, 0) is 49.2 Å². The van der Waals surface area contributed by atoms with Crippen molar-refractivity contribution in [3.63, 3.8) is 0 Å². The number of hydrogen-bond acceptors (Lipinski definition) is 4. The summed E-state index contributed by atoms with van der Waals surface area (Å²) in [5.41, 5.74) is 2.69. The highest BCUT2D eigenvalue weighted by atomic mass is 16.5. The Morgan fingerprint density at radius 2 is 1.41 bits per heavy atom. The zero-order chi connectivity index (χ0) is 20.3. The summed E-state index contributed by atoms with van der Waals surface area (Å²) < 4.78 is 5.19. The molecule has 0 bridgehead atoms. The van der Waals surface area contributed by atoms with Gasteiger partial charge in [-0.1, -0.05) is 65.8 Å². The van der Waals surface area contributed by atoms with Gasteiger partial charge in [-0.15, -0.1) is 0 Å². The number of aryl methyl sites for hydroxylation is 1. The Morgan fingerprint density at radius 1 is 0.862 bits per heavy atom. The Hall–Kier alpha value is -3.73. The van der Waals surface area contributed by atoms with Gasteiger partial charge in [0.2, 0.25) is 0 Å². The van der Waals surface area contributed by atoms with Crippen LogP contribution in [0.5, 0.6) is 0 Å². The first kappa shape index (κ1) is 18.6. The minimum Gasteiger partial charge on any atom is -0.339 e. The number of amides is 1. The molecule has 0 aliphatic carbocycles. The number of rotatable bonds is 5. The minimum atomic E-state index is -0.665. The number of nitrogens with zero attached hydrogens (tertiary/aromatic N) is 2. The second-order valence-electron chi connectivity index (χ2n) is 7.04. The van der Waals surface area contributed by atoms with Gasteiger partial charge in [-0.3, -0.25) is 4.79 Å². The van der Waals surface area contributed by atoms with Crippen molar-refractivity contribution in [1.29, 1.82) is 0 Å². The number of carbonyl (C=O) groups is 1. The summed E-state index contributed by atoms with van der Waals surface area (Å²) in [5, 5.41) is 7.02. The van der Waals surface area contributed by atoms with Crippen molar-refractivity contribution in [3.05, 3.63) is 107 Å². The van der Waals surface area contributed by atoms with E-state index in [9.17, 15) is 4.79 Å². The molecule has 0 spiro atoms. The van der Waals surface area contributed by atoms with Crippen molar-refractivity contribution in [3.8, 4) is 11.5 Å². The molecule has 1 N–H and O–H groups in total. The van der Waals surface area contributed by atoms with Crippen molar-refractivity contribution in [2.75, 3.05) is 0 Å². The van der Waals surface area contributed by atoms with E-state index >= 15 is 0 Å². The van der Waals surface area contributed by atoms with Crippen molar-refractivity contribution < 1.29 is 9.32 Å². The van der Waals surface area contributed by atoms with Crippen LogP contribution in [0.15, 0.2) is 89.5 Å². The van der Waals surface area contributed by atoms with E-state index in [1.807, 2.05) is 79.7 Å². The molecule has 0 saturated carbocycles. The number of benzene rings is 3. The van der Waals surface area contributed by atoms with Crippen LogP contribution in [0.2, 0.25) is 0 Å². The maximum atomic E-state index is 13.1. The Bertz CT molecular complexity index is 1060. The third-order valence-electron chi connectivity index (χ3n) is 4.99. The fourth-order valence-electron chi connectivity index (χ4n) is 3.33. The predicted molar refractivity (Wildman–Crippen MR) is 111 cm³/mol. The second kappa shape index (κ2) is 7.72. The smallest absolute Gasteiger partial charge is 0.257 e. The number of nitrogens with one attached hydrogen (secondary N) is 1. The zero-order valence-corrected chi connectivity index (χ0v) is 16.3. The number of carbonyl (C=O) groups excluding carboxylic acids is 1. The molecule has 0 atom stereocenters. The van der Waals surface area contributed by atoms with Gasteiger partial charge in [0, 0.05) is 11.1 Å². The van der Waals surface area contributed by atoms with Crippen molar-refractivity contribution in [2.45, 2.75) is 19.4 Å². The fraction of sp³-hybridized carbons (Fsp3) is 0.125. The van der Waals surface area contributed by atoms with Gasteiger partial charge in [-0.25, -0.2) is 0 Å². The first-order valence-corrected chi connectivity index (χ1v) is 9.40. The van der Waals surface area contributed by atoms with Crippen LogP contribution in [-0.4, -0.2) is 16.0 Å². The van der Waals surface area contributed by atoms with E-state index in [1.165, 1.54) is 0 Å². The van der Waals surface area contributed by atoms with E-state index in [-0.39, 0.29) is 5.91 Å². The summed E-state index contributed by atoms with van der Waals surface area (Å²) in [6.07, 6.45) is 0. The van der Waals surface area contributed by atoms with Gasteiger partial charge in [0.25, 0.3) is 11.8 Å². The third-order valence-corrected chi connectivity index (χ3v) is 4.99. The van der Waals surface area contributed by atoms with Crippen LogP contribution < -0.4 is 5.32 Å². The zero-order valence-electron chi connectivity index (χ0n) is 16.3. The molecule has 5 nitrogen and oxygen atoms in total. The fourth-order valence-corrected chi connectivity index (χ4v) is 3.33. The Kier molecular flexibility index (Phi) is 4.96. The lowest BCUT2D eigenvalue weighted by Crippen LogP contribution is -2.44. The molecule has 5 heteroatoms. The molecule has 1 aromatic heterocycles. The van der Waals surface area contributed by atoms with Crippen LogP contribution in [0.1, 0.15) is 34.2 Å². The molecular weight excluding hydrogens is 362 g/mol. The van der Waals surface area contributed by atoms with E-state index in [0.29, 0.717) is 17.3 Å². The van der Waals surface area contributed by atoms with Crippen LogP contribution in [0.4, 0.5) is 0 Å². The van der Waals surface area contributed by atoms with Crippen LogP contribution >= 0.6 is 0 Å². The quantitative estimate of drug-likeness (QED) is 0.541. The van der Waals surface area contributed by atoms with E-state index < -0.39 is 5.54 Å². The molecule has 0 saturated heterocycles. The van der Waals surface area contributed by atoms with E-state index in [0.717, 1.165) is 16.7 Å². The molecule has 29 heavy (non-hydrogen) atoms. The standard InChI is InChI=1S/C24H21N3O2/c1-17-25-23(29-27-17)19-15-13-18(14-16-19)22(28)26-24(2,20-9-5-3-6-10-20)21-11-7-4-8-12-21/h3-16H,1-2H3,(H,26,28). The molecule has 0 unspecified atom stereocenters. The Balaban J connectivity index is 1.63. The maximum Gasteiger partial charge on any atom is 0.257 e. The summed E-state index contributed by atoms with van der Waals surface area (Å²) in [4.78, 5) is 17.3. The molecule has 0 aliphatic rings. The summed E-state index contributed by atoms with van der Waals surface area (Å²) >= 11 is 0. The molecule has 144 valence electrons. The SMILES string of the molecule is Cc1noc(-c2ccc(C(=O)NC(C)(c3ccccc3)c3ccccc3)cc2)n1. The molecule has 0 fully saturated rings. The average molecular weight is 383 g/mol. The first-order valence-electron chi connectivity index (χ1n) is 9.40. The Labute approximate surface area is 169 Å². The molecule has 1 amide bonds. The van der Waals surface area contributed by atoms with Crippen LogP contribution in [0, 0.1) is 6.92 Å². The van der Waals surface area contributed by atoms with Gasteiger partial charge < -0.3 is 9.84 Å². The monoisotopic (exact) mass is 383 g/mol. The van der Waals surface area contributed by atoms with Gasteiger partial charge in [0.15, 0.2) is 5.82 Å². The molecule has 3 aromatic carbocycles. The average Bonchev–Trinajstić information content (AvgIpc) is 3.21. The molecule has 1 heterocycles. The third kappa shape index (κ3) is 3.80. The highest BCUT2D eigenvalue weighted by Gasteiger charge is 2.30. The van der Waals surface area contributed by atoms with Gasteiger partial charge in [0.05, 0.1) is 5.54 Å². The lowest BCUT2D eigenvalue weighted by atomic mass is 9.84. The molecule has 0 radical (unpaired) electrons. The predicted octanol–water partition coefficient (Wildman–Crippen LogP) is 4.74. The van der Waals surface area contributed by atoms with Crippen LogP contribution in [0.25, 0.3) is 11.5 Å². The molecule has 4 rings (SSSR count). The summed E-state index contributed by atoms with van der Waals surface area (Å²) in [7, 11) is 0. The summed E-state index contributed by atoms with van der Waals surface area (Å²) in [6.45, 7) is 3.79. The van der Waals surface area contributed by atoms with E-state index in [2.05, 4.69) is 15.5 Å². The second-order valence-corrected chi connectivity index (χ2v) is 7.04. The topological polar surface area (TPSA) is 68.0 Å². The summed E-state index contributed by atoms with van der Waals surface area (Å²) in [6, 6.07) is 27.1. The van der Waals surface area contributed by atoms with Gasteiger partial charge in [0.1, 0.15) is 0 Å². The van der Waals surface area contributed by atoms with Crippen LogP contribution in [0.3, 0.4) is 0 Å². The normalized spacial score (nSPS) is 11.2. The van der Waals surface area contributed by atoms with Crippen LogP contribution in [-0.2, 0) is 5.54 Å². The number of hydrogen-bond donors (Lipinski definition) is 1. The first-order chi connectivity index (χ1) is 14.1. The molecule has 0 aliphatic heterocycles. The maximum absolute atomic E-state index is 13.1. The van der Waals surface area contributed by atoms with Crippen molar-refractivity contribution >= 4 is 5.91 Å². The van der Waals surface area contributed by atoms with Gasteiger partial charge >= 0.3 is 0 Å². The van der Waals surface area contributed by atoms with Crippen molar-refractivity contribution in [1.82, 2.24) is 15.5 Å².